The number of allylic oxidation sites excluding steroid dienone is 2. The first kappa shape index (κ1) is 17.8. The molecule has 9 heteroatoms. The number of aromatic nitrogens is 2. The highest BCUT2D eigenvalue weighted by Crippen LogP contribution is 2.63. The van der Waals surface area contributed by atoms with Crippen LogP contribution in [0.25, 0.3) is 0 Å². The smallest absolute Gasteiger partial charge is 0.334 e. The number of rotatable bonds is 5. The van der Waals surface area contributed by atoms with Crippen molar-refractivity contribution in [2.75, 3.05) is 17.2 Å². The van der Waals surface area contributed by atoms with E-state index in [1.54, 1.807) is 6.20 Å². The van der Waals surface area contributed by atoms with E-state index in [9.17, 15) is 9.69 Å². The van der Waals surface area contributed by atoms with Crippen LogP contribution in [0.4, 0.5) is 11.6 Å². The summed E-state index contributed by atoms with van der Waals surface area (Å²) in [5.41, 5.74) is 5.42. The van der Waals surface area contributed by atoms with Gasteiger partial charge in [-0.15, -0.1) is 0 Å². The average molecular weight is 387 g/mol. The van der Waals surface area contributed by atoms with Crippen LogP contribution in [0, 0.1) is 6.92 Å². The van der Waals surface area contributed by atoms with Gasteiger partial charge < -0.3 is 15.6 Å². The Morgan fingerprint density at radius 3 is 2.67 bits per heavy atom. The van der Waals surface area contributed by atoms with E-state index in [0.717, 1.165) is 33.9 Å². The van der Waals surface area contributed by atoms with E-state index in [2.05, 4.69) is 30.8 Å². The van der Waals surface area contributed by atoms with Gasteiger partial charge in [-0.25, -0.2) is 20.1 Å². The minimum absolute atomic E-state index is 0.00173. The fraction of sp³-hybridized carbons (Fsp3) is 0.333. The molecule has 27 heavy (non-hydrogen) atoms. The zero-order chi connectivity index (χ0) is 19.2. The van der Waals surface area contributed by atoms with Crippen LogP contribution >= 0.6 is 7.79 Å². The van der Waals surface area contributed by atoms with Crippen LogP contribution in [-0.2, 0) is 11.2 Å². The van der Waals surface area contributed by atoms with Gasteiger partial charge in [0.25, 0.3) is 0 Å². The molecule has 8 nitrogen and oxygen atoms in total. The van der Waals surface area contributed by atoms with E-state index in [4.69, 9.17) is 0 Å². The summed E-state index contributed by atoms with van der Waals surface area (Å²) in [5.74, 6) is 0.671. The number of nitrogens with one attached hydrogen (secondary N) is 5. The average Bonchev–Trinajstić information content (AvgIpc) is 3.25. The molecule has 2 aliphatic rings. The number of imidazole rings is 1. The summed E-state index contributed by atoms with van der Waals surface area (Å²) in [6.45, 7) is 6.33. The summed E-state index contributed by atoms with van der Waals surface area (Å²) < 4.78 is 0. The van der Waals surface area contributed by atoms with Crippen LogP contribution in [-0.4, -0.2) is 27.3 Å². The monoisotopic (exact) mass is 387 g/mol. The third-order valence-electron chi connectivity index (χ3n) is 4.99. The third kappa shape index (κ3) is 3.38. The minimum Gasteiger partial charge on any atom is -0.351 e. The van der Waals surface area contributed by atoms with Gasteiger partial charge in [-0.2, -0.15) is 0 Å². The van der Waals surface area contributed by atoms with Crippen molar-refractivity contribution in [1.29, 1.82) is 0 Å². The van der Waals surface area contributed by atoms with E-state index < -0.39 is 7.79 Å². The van der Waals surface area contributed by atoms with Crippen LogP contribution in [0.5, 0.6) is 0 Å². The molecule has 2 aromatic rings. The normalized spacial score (nSPS) is 18.6. The zero-order valence-corrected chi connectivity index (χ0v) is 16.4. The second-order valence-electron chi connectivity index (χ2n) is 7.11. The molecular weight excluding hydrogens is 363 g/mol. The summed E-state index contributed by atoms with van der Waals surface area (Å²) in [6.07, 6.45) is 2.13. The number of nitrogens with zero attached hydrogens (tertiary/aromatic N) is 1. The van der Waals surface area contributed by atoms with Gasteiger partial charge in [0.15, 0.2) is 11.6 Å². The molecule has 0 saturated heterocycles. The van der Waals surface area contributed by atoms with Crippen molar-refractivity contribution in [2.45, 2.75) is 32.9 Å². The fourth-order valence-electron chi connectivity index (χ4n) is 3.48. The summed E-state index contributed by atoms with van der Waals surface area (Å²) in [7, 11) is -2.72. The molecule has 6 N–H and O–H groups in total. The first-order valence-corrected chi connectivity index (χ1v) is 10.7. The highest BCUT2D eigenvalue weighted by Gasteiger charge is 2.51. The number of carbonyl (C=O) groups is 1. The van der Waals surface area contributed by atoms with Crippen LogP contribution in [0.2, 0.25) is 0 Å². The predicted octanol–water partition coefficient (Wildman–Crippen LogP) is 2.57. The Labute approximate surface area is 158 Å². The SMILES string of the molecule is CC1=C(C)N[P+](O)(C(CNc2ncc(C)[nH]2)c2ccc3c(c2)CC(=O)N3)N1. The van der Waals surface area contributed by atoms with Gasteiger partial charge in [-0.05, 0) is 38.5 Å². The van der Waals surface area contributed by atoms with Gasteiger partial charge in [-0.1, -0.05) is 6.07 Å². The van der Waals surface area contributed by atoms with Crippen molar-refractivity contribution >= 4 is 25.3 Å². The maximum absolute atomic E-state index is 11.7. The first-order chi connectivity index (χ1) is 12.8. The Kier molecular flexibility index (Phi) is 4.32. The zero-order valence-electron chi connectivity index (χ0n) is 15.6. The Hall–Kier alpha value is -2.57. The molecule has 4 rings (SSSR count). The van der Waals surface area contributed by atoms with Crippen molar-refractivity contribution in [3.63, 3.8) is 0 Å². The molecule has 0 spiro atoms. The lowest BCUT2D eigenvalue weighted by Crippen LogP contribution is -2.27. The molecule has 0 aliphatic carbocycles. The topological polar surface area (TPSA) is 114 Å². The van der Waals surface area contributed by atoms with Gasteiger partial charge in [0.1, 0.15) is 0 Å². The van der Waals surface area contributed by atoms with Crippen LogP contribution in [0.3, 0.4) is 0 Å². The van der Waals surface area contributed by atoms with Gasteiger partial charge in [0.05, 0.1) is 24.4 Å². The number of benzene rings is 1. The van der Waals surface area contributed by atoms with Gasteiger partial charge in [0, 0.05) is 23.1 Å². The lowest BCUT2D eigenvalue weighted by atomic mass is 10.1. The van der Waals surface area contributed by atoms with Gasteiger partial charge >= 0.3 is 7.79 Å². The van der Waals surface area contributed by atoms with Crippen LogP contribution in [0.1, 0.15) is 36.3 Å². The number of aromatic amines is 1. The number of hydrogen-bond donors (Lipinski definition) is 6. The molecule has 142 valence electrons. The highest BCUT2D eigenvalue weighted by atomic mass is 31.2. The quantitative estimate of drug-likeness (QED) is 0.440. The number of amides is 1. The summed E-state index contributed by atoms with van der Waals surface area (Å²) in [6, 6.07) is 5.89. The van der Waals surface area contributed by atoms with E-state index >= 15 is 0 Å². The number of aryl methyl sites for hydroxylation is 1. The summed E-state index contributed by atoms with van der Waals surface area (Å²) >= 11 is 0. The number of carbonyl (C=O) groups excluding carboxylic acids is 1. The molecule has 3 heterocycles. The second-order valence-corrected chi connectivity index (χ2v) is 9.55. The molecule has 0 saturated carbocycles. The lowest BCUT2D eigenvalue weighted by Gasteiger charge is -2.26. The van der Waals surface area contributed by atoms with Crippen molar-refractivity contribution in [3.8, 4) is 0 Å². The maximum Gasteiger partial charge on any atom is 0.334 e. The van der Waals surface area contributed by atoms with Crippen molar-refractivity contribution in [1.82, 2.24) is 20.1 Å². The minimum atomic E-state index is -2.72. The Bertz CT molecular complexity index is 924. The van der Waals surface area contributed by atoms with Crippen LogP contribution < -0.4 is 20.8 Å². The Morgan fingerprint density at radius 2 is 2.00 bits per heavy atom. The van der Waals surface area contributed by atoms with E-state index in [0.29, 0.717) is 18.9 Å². The van der Waals surface area contributed by atoms with Crippen molar-refractivity contribution in [2.24, 2.45) is 0 Å². The van der Waals surface area contributed by atoms with E-state index in [-0.39, 0.29) is 11.6 Å². The van der Waals surface area contributed by atoms with Gasteiger partial charge in [-0.3, -0.25) is 4.79 Å². The fourth-order valence-corrected chi connectivity index (χ4v) is 6.15. The van der Waals surface area contributed by atoms with Gasteiger partial charge in [0.2, 0.25) is 5.91 Å². The molecule has 0 radical (unpaired) electrons. The highest BCUT2D eigenvalue weighted by molar-refractivity contribution is 7.67. The molecule has 1 unspecified atom stereocenters. The molecule has 0 bridgehead atoms. The number of H-pyrrole nitrogens is 1. The van der Waals surface area contributed by atoms with E-state index in [1.165, 1.54) is 0 Å². The maximum atomic E-state index is 11.7. The van der Waals surface area contributed by atoms with E-state index in [1.807, 2.05) is 39.0 Å². The molecule has 1 amide bonds. The largest absolute Gasteiger partial charge is 0.351 e. The molecule has 0 fully saturated rings. The standard InChI is InChI=1S/C18H23N6O2P/c1-10-8-19-18(21-10)20-9-16(27(26)23-11(2)12(3)24-27)13-4-5-15-14(6-13)7-17(25)22-15/h4-6,8,16,23-24,26H,7,9H2,1-3H3,(H2-,19,20,21,22,25)/p+1. The molecular formula is C18H24N6O2P+. The summed E-state index contributed by atoms with van der Waals surface area (Å²) in [5, 5.41) is 12.7. The summed E-state index contributed by atoms with van der Waals surface area (Å²) in [4.78, 5) is 30.6. The second kappa shape index (κ2) is 6.55. The van der Waals surface area contributed by atoms with Crippen molar-refractivity contribution < 1.29 is 9.69 Å². The number of anilines is 2. The Balaban J connectivity index is 1.64. The third-order valence-corrected chi connectivity index (χ3v) is 7.73. The molecule has 1 aromatic carbocycles. The molecule has 1 aromatic heterocycles. The van der Waals surface area contributed by atoms with Crippen molar-refractivity contribution in [3.05, 3.63) is 52.6 Å². The first-order valence-electron chi connectivity index (χ1n) is 8.88. The number of fused-ring (bicyclic) bond motifs is 1. The Morgan fingerprint density at radius 1 is 1.26 bits per heavy atom. The molecule has 2 aliphatic heterocycles. The van der Waals surface area contributed by atoms with Crippen LogP contribution in [0.15, 0.2) is 35.8 Å². The molecule has 1 atom stereocenters. The number of hydrogen-bond acceptors (Lipinski definition) is 6. The predicted molar refractivity (Wildman–Crippen MR) is 107 cm³/mol. The lowest BCUT2D eigenvalue weighted by molar-refractivity contribution is -0.115.